The van der Waals surface area contributed by atoms with Gasteiger partial charge in [-0.15, -0.1) is 11.3 Å². The van der Waals surface area contributed by atoms with E-state index in [1.807, 2.05) is 0 Å². The van der Waals surface area contributed by atoms with E-state index in [0.717, 1.165) is 15.9 Å². The maximum absolute atomic E-state index is 12.8. The number of hydrogen-bond donors (Lipinski definition) is 0. The van der Waals surface area contributed by atoms with Crippen molar-refractivity contribution in [1.29, 1.82) is 0 Å². The lowest BCUT2D eigenvalue weighted by Crippen LogP contribution is -2.24. The third-order valence-corrected chi connectivity index (χ3v) is 5.27. The molecule has 0 bridgehead atoms. The van der Waals surface area contributed by atoms with Crippen LogP contribution in [-0.2, 0) is 11.3 Å². The van der Waals surface area contributed by atoms with Crippen molar-refractivity contribution < 1.29 is 19.2 Å². The molecular weight excluding hydrogens is 386 g/mol. The molecule has 144 valence electrons. The number of nitro groups is 1. The van der Waals surface area contributed by atoms with Gasteiger partial charge in [0.15, 0.2) is 5.78 Å². The first kappa shape index (κ1) is 19.4. The Morgan fingerprint density at radius 2 is 1.96 bits per heavy atom. The van der Waals surface area contributed by atoms with Crippen molar-refractivity contribution in [2.75, 3.05) is 6.61 Å². The van der Waals surface area contributed by atoms with E-state index in [1.54, 1.807) is 13.8 Å². The van der Waals surface area contributed by atoms with Crippen molar-refractivity contribution in [3.8, 4) is 0 Å². The number of hydrogen-bond acceptors (Lipinski definition) is 8. The van der Waals surface area contributed by atoms with Gasteiger partial charge in [0, 0.05) is 17.7 Å². The highest BCUT2D eigenvalue weighted by Gasteiger charge is 2.21. The summed E-state index contributed by atoms with van der Waals surface area (Å²) in [6, 6.07) is 5.14. The molecule has 3 aromatic rings. The lowest BCUT2D eigenvalue weighted by molar-refractivity contribution is -0.384. The summed E-state index contributed by atoms with van der Waals surface area (Å²) >= 11 is 1.07. The Kier molecular flexibility index (Phi) is 5.32. The van der Waals surface area contributed by atoms with Crippen LogP contribution in [0.2, 0.25) is 0 Å². The normalized spacial score (nSPS) is 10.8. The van der Waals surface area contributed by atoms with E-state index in [4.69, 9.17) is 4.74 Å². The fourth-order valence-electron chi connectivity index (χ4n) is 2.68. The number of carbonyl (C=O) groups excluding carboxylic acids is 2. The molecule has 9 nitrogen and oxygen atoms in total. The van der Waals surface area contributed by atoms with Crippen LogP contribution in [0.3, 0.4) is 0 Å². The standard InChI is InChI=1S/C18H15N3O6S/c1-3-27-18(24)15-10(2)14-16(28-15)19-9-20(17(14)23)8-13(22)11-4-6-12(7-5-11)21(25)26/h4-7,9H,3,8H2,1-2H3. The summed E-state index contributed by atoms with van der Waals surface area (Å²) in [5, 5.41) is 11.0. The molecule has 0 aliphatic rings. The van der Waals surface area contributed by atoms with Gasteiger partial charge in [-0.3, -0.25) is 24.3 Å². The van der Waals surface area contributed by atoms with Crippen LogP contribution in [0.4, 0.5) is 5.69 Å². The van der Waals surface area contributed by atoms with Crippen molar-refractivity contribution in [2.24, 2.45) is 0 Å². The summed E-state index contributed by atoms with van der Waals surface area (Å²) in [5.41, 5.74) is 0.140. The number of fused-ring (bicyclic) bond motifs is 1. The zero-order valence-electron chi connectivity index (χ0n) is 15.0. The Hall–Kier alpha value is -3.40. The molecule has 2 aromatic heterocycles. The third-order valence-electron chi connectivity index (χ3n) is 4.09. The lowest BCUT2D eigenvalue weighted by Gasteiger charge is -2.05. The van der Waals surface area contributed by atoms with Crippen molar-refractivity contribution >= 4 is 39.0 Å². The Morgan fingerprint density at radius 3 is 2.57 bits per heavy atom. The minimum Gasteiger partial charge on any atom is -0.462 e. The Morgan fingerprint density at radius 1 is 1.29 bits per heavy atom. The van der Waals surface area contributed by atoms with E-state index in [0.29, 0.717) is 15.3 Å². The molecule has 0 saturated heterocycles. The first-order valence-corrected chi connectivity index (χ1v) is 9.08. The van der Waals surface area contributed by atoms with Crippen LogP contribution >= 0.6 is 11.3 Å². The highest BCUT2D eigenvalue weighted by atomic mass is 32.1. The number of nitrogens with zero attached hydrogens (tertiary/aromatic N) is 3. The molecule has 0 atom stereocenters. The second kappa shape index (κ2) is 7.69. The summed E-state index contributed by atoms with van der Waals surface area (Å²) in [5.74, 6) is -0.910. The molecule has 0 amide bonds. The minimum atomic E-state index is -0.558. The van der Waals surface area contributed by atoms with E-state index in [9.17, 15) is 24.5 Å². The lowest BCUT2D eigenvalue weighted by atomic mass is 10.1. The predicted octanol–water partition coefficient (Wildman–Crippen LogP) is 2.73. The topological polar surface area (TPSA) is 121 Å². The molecule has 0 fully saturated rings. The first-order chi connectivity index (χ1) is 13.3. The summed E-state index contributed by atoms with van der Waals surface area (Å²) in [4.78, 5) is 52.3. The largest absolute Gasteiger partial charge is 0.462 e. The number of Topliss-reactive ketones (excluding diaryl/α,β-unsaturated/α-hetero) is 1. The highest BCUT2D eigenvalue weighted by Crippen LogP contribution is 2.27. The van der Waals surface area contributed by atoms with Gasteiger partial charge in [-0.1, -0.05) is 0 Å². The molecule has 0 aliphatic carbocycles. The zero-order chi connectivity index (χ0) is 20.4. The average molecular weight is 401 g/mol. The van der Waals surface area contributed by atoms with Gasteiger partial charge in [-0.05, 0) is 31.5 Å². The molecule has 0 unspecified atom stereocenters. The third kappa shape index (κ3) is 3.54. The number of ketones is 1. The number of rotatable bonds is 6. The van der Waals surface area contributed by atoms with Crippen molar-refractivity contribution in [3.63, 3.8) is 0 Å². The van der Waals surface area contributed by atoms with Crippen LogP contribution in [0.25, 0.3) is 10.2 Å². The Balaban J connectivity index is 1.93. The Labute approximate surface area is 162 Å². The second-order valence-corrected chi connectivity index (χ2v) is 6.86. The van der Waals surface area contributed by atoms with Gasteiger partial charge in [0.05, 0.1) is 29.8 Å². The van der Waals surface area contributed by atoms with Crippen LogP contribution < -0.4 is 5.56 Å². The fraction of sp³-hybridized carbons (Fsp3) is 0.222. The Bertz CT molecular complexity index is 1150. The number of carbonyl (C=O) groups is 2. The van der Waals surface area contributed by atoms with E-state index in [1.165, 1.54) is 30.6 Å². The van der Waals surface area contributed by atoms with Gasteiger partial charge in [0.25, 0.3) is 11.2 Å². The summed E-state index contributed by atoms with van der Waals surface area (Å²) < 4.78 is 6.14. The quantitative estimate of drug-likeness (QED) is 0.269. The number of aromatic nitrogens is 2. The van der Waals surface area contributed by atoms with Gasteiger partial charge in [0.1, 0.15) is 9.71 Å². The summed E-state index contributed by atoms with van der Waals surface area (Å²) in [6.07, 6.45) is 1.25. The molecule has 0 spiro atoms. The van der Waals surface area contributed by atoms with E-state index < -0.39 is 22.2 Å². The molecule has 3 rings (SSSR count). The molecule has 0 saturated carbocycles. The molecule has 1 aromatic carbocycles. The fourth-order valence-corrected chi connectivity index (χ4v) is 3.71. The number of aryl methyl sites for hydroxylation is 1. The molecule has 28 heavy (non-hydrogen) atoms. The summed E-state index contributed by atoms with van der Waals surface area (Å²) in [6.45, 7) is 3.27. The maximum atomic E-state index is 12.8. The van der Waals surface area contributed by atoms with Crippen molar-refractivity contribution in [3.05, 3.63) is 67.1 Å². The maximum Gasteiger partial charge on any atom is 0.348 e. The molecular formula is C18H15N3O6S. The van der Waals surface area contributed by atoms with Crippen LogP contribution in [0.5, 0.6) is 0 Å². The van der Waals surface area contributed by atoms with Crippen LogP contribution in [-0.4, -0.2) is 32.8 Å². The smallest absolute Gasteiger partial charge is 0.348 e. The van der Waals surface area contributed by atoms with Gasteiger partial charge in [-0.2, -0.15) is 0 Å². The van der Waals surface area contributed by atoms with E-state index in [2.05, 4.69) is 4.98 Å². The van der Waals surface area contributed by atoms with Crippen LogP contribution in [0, 0.1) is 17.0 Å². The monoisotopic (exact) mass is 401 g/mol. The summed E-state index contributed by atoms with van der Waals surface area (Å²) in [7, 11) is 0. The van der Waals surface area contributed by atoms with Crippen molar-refractivity contribution in [2.45, 2.75) is 20.4 Å². The molecule has 0 N–H and O–H groups in total. The zero-order valence-corrected chi connectivity index (χ0v) is 15.8. The van der Waals surface area contributed by atoms with E-state index in [-0.39, 0.29) is 29.8 Å². The highest BCUT2D eigenvalue weighted by molar-refractivity contribution is 7.20. The first-order valence-electron chi connectivity index (χ1n) is 8.26. The van der Waals surface area contributed by atoms with Crippen LogP contribution in [0.15, 0.2) is 35.4 Å². The number of benzene rings is 1. The second-order valence-electron chi connectivity index (χ2n) is 5.86. The van der Waals surface area contributed by atoms with Gasteiger partial charge in [-0.25, -0.2) is 9.78 Å². The molecule has 0 radical (unpaired) electrons. The van der Waals surface area contributed by atoms with Crippen molar-refractivity contribution in [1.82, 2.24) is 9.55 Å². The van der Waals surface area contributed by atoms with Crippen LogP contribution in [0.1, 0.15) is 32.5 Å². The van der Waals surface area contributed by atoms with E-state index >= 15 is 0 Å². The molecule has 10 heteroatoms. The number of nitro benzene ring substituents is 1. The number of esters is 1. The average Bonchev–Trinajstić information content (AvgIpc) is 3.01. The molecule has 0 aliphatic heterocycles. The van der Waals surface area contributed by atoms with Gasteiger partial charge in [0.2, 0.25) is 0 Å². The predicted molar refractivity (Wildman–Crippen MR) is 102 cm³/mol. The SMILES string of the molecule is CCOC(=O)c1sc2ncn(CC(=O)c3ccc([N+](=O)[O-])cc3)c(=O)c2c1C. The number of non-ortho nitro benzene ring substituents is 1. The number of thiophene rings is 1. The van der Waals surface area contributed by atoms with Gasteiger partial charge >= 0.3 is 5.97 Å². The number of ether oxygens (including phenoxy) is 1. The molecule has 2 heterocycles. The minimum absolute atomic E-state index is 0.128. The van der Waals surface area contributed by atoms with Gasteiger partial charge < -0.3 is 4.74 Å².